The minimum absolute atomic E-state index is 0.0900. The molecule has 5 nitrogen and oxygen atoms in total. The molecule has 0 saturated carbocycles. The summed E-state index contributed by atoms with van der Waals surface area (Å²) in [6, 6.07) is 13.8. The minimum atomic E-state index is -0.403. The monoisotopic (exact) mass is 374 g/mol. The Balaban J connectivity index is 1.54. The summed E-state index contributed by atoms with van der Waals surface area (Å²) in [6.07, 6.45) is 4.03. The number of nitrogens with zero attached hydrogens (tertiary/aromatic N) is 1. The first kappa shape index (κ1) is 18.4. The normalized spacial score (nSPS) is 13.8. The molecule has 5 heteroatoms. The molecule has 144 valence electrons. The highest BCUT2D eigenvalue weighted by atomic mass is 16.1. The van der Waals surface area contributed by atoms with E-state index < -0.39 is 6.04 Å². The number of imidazole rings is 1. The van der Waals surface area contributed by atoms with E-state index in [1.165, 1.54) is 10.9 Å². The van der Waals surface area contributed by atoms with Crippen molar-refractivity contribution in [2.45, 2.75) is 39.2 Å². The van der Waals surface area contributed by atoms with Gasteiger partial charge in [-0.3, -0.25) is 4.79 Å². The van der Waals surface area contributed by atoms with Gasteiger partial charge in [0.1, 0.15) is 5.82 Å². The van der Waals surface area contributed by atoms with Gasteiger partial charge in [-0.15, -0.1) is 0 Å². The molecule has 0 amide bonds. The smallest absolute Gasteiger partial charge is 0.154 e. The number of H-pyrrole nitrogens is 2. The lowest BCUT2D eigenvalue weighted by molar-refractivity contribution is -0.120. The van der Waals surface area contributed by atoms with Crippen LogP contribution in [0.15, 0.2) is 48.7 Å². The molecule has 2 heterocycles. The van der Waals surface area contributed by atoms with Gasteiger partial charge in [-0.25, -0.2) is 4.98 Å². The van der Waals surface area contributed by atoms with Crippen molar-refractivity contribution >= 4 is 27.7 Å². The molecule has 4 N–H and O–H groups in total. The number of fused-ring (bicyclic) bond motifs is 2. The van der Waals surface area contributed by atoms with Gasteiger partial charge in [-0.05, 0) is 35.2 Å². The van der Waals surface area contributed by atoms with E-state index in [2.05, 4.69) is 29.0 Å². The van der Waals surface area contributed by atoms with E-state index in [0.717, 1.165) is 40.8 Å². The molecule has 4 aromatic rings. The van der Waals surface area contributed by atoms with Crippen molar-refractivity contribution in [1.82, 2.24) is 15.0 Å². The maximum absolute atomic E-state index is 12.4. The predicted octanol–water partition coefficient (Wildman–Crippen LogP) is 4.12. The van der Waals surface area contributed by atoms with Crippen molar-refractivity contribution in [1.29, 1.82) is 0 Å². The summed E-state index contributed by atoms with van der Waals surface area (Å²) < 4.78 is 0. The number of Topliss-reactive ketones (excluding diaryl/α,β-unsaturated/α-hetero) is 1. The van der Waals surface area contributed by atoms with Gasteiger partial charge in [0.2, 0.25) is 0 Å². The van der Waals surface area contributed by atoms with E-state index in [4.69, 9.17) is 10.7 Å². The lowest BCUT2D eigenvalue weighted by Gasteiger charge is -2.16. The van der Waals surface area contributed by atoms with Crippen LogP contribution in [0.1, 0.15) is 37.2 Å². The Morgan fingerprint density at radius 1 is 1.18 bits per heavy atom. The second kappa shape index (κ2) is 7.60. The molecule has 0 saturated heterocycles. The fraction of sp³-hybridized carbons (Fsp3) is 0.304. The van der Waals surface area contributed by atoms with Crippen LogP contribution in [-0.2, 0) is 17.6 Å². The molecule has 0 fully saturated rings. The molecule has 0 aliphatic rings. The van der Waals surface area contributed by atoms with Crippen LogP contribution in [-0.4, -0.2) is 26.8 Å². The van der Waals surface area contributed by atoms with Crippen molar-refractivity contribution in [3.63, 3.8) is 0 Å². The molecular formula is C23H26N4O. The van der Waals surface area contributed by atoms with Crippen LogP contribution in [0, 0.1) is 5.92 Å². The number of para-hydroxylation sites is 1. The molecule has 2 atom stereocenters. The summed E-state index contributed by atoms with van der Waals surface area (Å²) in [7, 11) is 0. The highest BCUT2D eigenvalue weighted by Crippen LogP contribution is 2.22. The number of benzene rings is 2. The molecule has 0 aliphatic heterocycles. The van der Waals surface area contributed by atoms with Crippen molar-refractivity contribution in [3.05, 3.63) is 65.6 Å². The number of hydrogen-bond donors (Lipinski definition) is 3. The van der Waals surface area contributed by atoms with Crippen molar-refractivity contribution in [3.8, 4) is 0 Å². The number of nitrogens with one attached hydrogen (secondary N) is 2. The zero-order chi connectivity index (χ0) is 19.7. The highest BCUT2D eigenvalue weighted by Gasteiger charge is 2.19. The van der Waals surface area contributed by atoms with Crippen LogP contribution in [0.3, 0.4) is 0 Å². The Morgan fingerprint density at radius 2 is 2.00 bits per heavy atom. The van der Waals surface area contributed by atoms with Gasteiger partial charge in [0, 0.05) is 29.9 Å². The standard InChI is InChI=1S/C23H26N4O/c1-3-14(2)23(24)21(28)11-15-8-9-19-20(10-15)27-22(26-19)12-16-13-25-18-7-5-4-6-17(16)18/h4-10,13-14,23,25H,3,11-12,24H2,1-2H3,(H,26,27)/t14-,23-/m0/s1. The van der Waals surface area contributed by atoms with Gasteiger partial charge in [-0.2, -0.15) is 0 Å². The van der Waals surface area contributed by atoms with E-state index in [0.29, 0.717) is 6.42 Å². The molecule has 0 aliphatic carbocycles. The Bertz CT molecular complexity index is 1120. The third-order valence-electron chi connectivity index (χ3n) is 5.64. The second-order valence-electron chi connectivity index (χ2n) is 7.63. The molecule has 0 spiro atoms. The van der Waals surface area contributed by atoms with Crippen LogP contribution in [0.4, 0.5) is 0 Å². The summed E-state index contributed by atoms with van der Waals surface area (Å²) in [5.74, 6) is 1.21. The molecule has 0 bridgehead atoms. The SMILES string of the molecule is CC[C@H](C)[C@H](N)C(=O)Cc1ccc2nc(Cc3c[nH]c4ccccc34)[nH]c2c1. The summed E-state index contributed by atoms with van der Waals surface area (Å²) in [6.45, 7) is 4.08. The molecule has 2 aromatic carbocycles. The number of hydrogen-bond acceptors (Lipinski definition) is 3. The zero-order valence-electron chi connectivity index (χ0n) is 16.3. The summed E-state index contributed by atoms with van der Waals surface area (Å²) in [5.41, 5.74) is 11.3. The quantitative estimate of drug-likeness (QED) is 0.455. The summed E-state index contributed by atoms with van der Waals surface area (Å²) in [5, 5.41) is 1.22. The van der Waals surface area contributed by atoms with E-state index in [-0.39, 0.29) is 11.7 Å². The van der Waals surface area contributed by atoms with Gasteiger partial charge in [0.15, 0.2) is 5.78 Å². The van der Waals surface area contributed by atoms with Gasteiger partial charge in [-0.1, -0.05) is 44.5 Å². The topological polar surface area (TPSA) is 87.6 Å². The van der Waals surface area contributed by atoms with Crippen LogP contribution < -0.4 is 5.73 Å². The third-order valence-corrected chi connectivity index (χ3v) is 5.64. The lowest BCUT2D eigenvalue weighted by Crippen LogP contribution is -2.37. The van der Waals surface area contributed by atoms with Crippen LogP contribution in [0.5, 0.6) is 0 Å². The first-order chi connectivity index (χ1) is 13.5. The molecular weight excluding hydrogens is 348 g/mol. The Kier molecular flexibility index (Phi) is 5.01. The molecule has 0 unspecified atom stereocenters. The number of carbonyl (C=O) groups excluding carboxylic acids is 1. The molecule has 28 heavy (non-hydrogen) atoms. The highest BCUT2D eigenvalue weighted by molar-refractivity contribution is 5.87. The number of rotatable bonds is 7. The number of aromatic amines is 2. The van der Waals surface area contributed by atoms with Crippen molar-refractivity contribution < 1.29 is 4.79 Å². The Morgan fingerprint density at radius 3 is 2.82 bits per heavy atom. The van der Waals surface area contributed by atoms with Gasteiger partial charge in [0.05, 0.1) is 17.1 Å². The largest absolute Gasteiger partial charge is 0.361 e. The van der Waals surface area contributed by atoms with E-state index >= 15 is 0 Å². The zero-order valence-corrected chi connectivity index (χ0v) is 16.3. The van der Waals surface area contributed by atoms with E-state index in [9.17, 15) is 4.79 Å². The average Bonchev–Trinajstić information content (AvgIpc) is 3.30. The first-order valence-corrected chi connectivity index (χ1v) is 9.86. The van der Waals surface area contributed by atoms with E-state index in [1.807, 2.05) is 43.5 Å². The minimum Gasteiger partial charge on any atom is -0.361 e. The number of carbonyl (C=O) groups is 1. The molecule has 2 aromatic heterocycles. The van der Waals surface area contributed by atoms with Crippen molar-refractivity contribution in [2.24, 2.45) is 11.7 Å². The number of nitrogens with two attached hydrogens (primary N) is 1. The van der Waals surface area contributed by atoms with Crippen LogP contribution in [0.2, 0.25) is 0 Å². The van der Waals surface area contributed by atoms with Gasteiger partial charge >= 0.3 is 0 Å². The van der Waals surface area contributed by atoms with Gasteiger partial charge < -0.3 is 15.7 Å². The number of aromatic nitrogens is 3. The fourth-order valence-corrected chi connectivity index (χ4v) is 3.65. The maximum atomic E-state index is 12.4. The van der Waals surface area contributed by atoms with E-state index in [1.54, 1.807) is 0 Å². The average molecular weight is 374 g/mol. The third kappa shape index (κ3) is 3.58. The lowest BCUT2D eigenvalue weighted by atomic mass is 9.93. The maximum Gasteiger partial charge on any atom is 0.154 e. The van der Waals surface area contributed by atoms with Gasteiger partial charge in [0.25, 0.3) is 0 Å². The molecule has 0 radical (unpaired) electrons. The molecule has 4 rings (SSSR count). The number of ketones is 1. The predicted molar refractivity (Wildman–Crippen MR) is 113 cm³/mol. The van der Waals surface area contributed by atoms with Crippen LogP contribution >= 0.6 is 0 Å². The Hall–Kier alpha value is -2.92. The van der Waals surface area contributed by atoms with Crippen LogP contribution in [0.25, 0.3) is 21.9 Å². The first-order valence-electron chi connectivity index (χ1n) is 9.86. The van der Waals surface area contributed by atoms with Crippen molar-refractivity contribution in [2.75, 3.05) is 0 Å². The fourth-order valence-electron chi connectivity index (χ4n) is 3.65. The second-order valence-corrected chi connectivity index (χ2v) is 7.63. The Labute approximate surface area is 164 Å². The summed E-state index contributed by atoms with van der Waals surface area (Å²) in [4.78, 5) is 23.9. The summed E-state index contributed by atoms with van der Waals surface area (Å²) >= 11 is 0.